The van der Waals surface area contributed by atoms with Crippen molar-refractivity contribution in [3.63, 3.8) is 0 Å². The highest BCUT2D eigenvalue weighted by Gasteiger charge is 2.09. The Morgan fingerprint density at radius 3 is 2.80 bits per heavy atom. The average Bonchev–Trinajstić information content (AvgIpc) is 2.27. The summed E-state index contributed by atoms with van der Waals surface area (Å²) in [6.45, 7) is 6.16. The molecule has 0 unspecified atom stereocenters. The first-order valence-corrected chi connectivity index (χ1v) is 5.07. The standard InChI is InChI=1S/C12H18N2O/c1-10(15)9-13-14-11-5-4-7-12(2,3)8-6-11/h4-8,13-14H,9H2,1-3H3. The molecule has 0 atom stereocenters. The van der Waals surface area contributed by atoms with Crippen molar-refractivity contribution in [2.45, 2.75) is 20.8 Å². The quantitative estimate of drug-likeness (QED) is 0.688. The summed E-state index contributed by atoms with van der Waals surface area (Å²) >= 11 is 0. The molecule has 1 aliphatic rings. The summed E-state index contributed by atoms with van der Waals surface area (Å²) in [5.41, 5.74) is 6.88. The van der Waals surface area contributed by atoms with Gasteiger partial charge in [-0.2, -0.15) is 0 Å². The highest BCUT2D eigenvalue weighted by molar-refractivity contribution is 5.77. The third-order valence-electron chi connectivity index (χ3n) is 2.06. The Labute approximate surface area is 90.9 Å². The number of allylic oxidation sites excluding steroid dienone is 5. The lowest BCUT2D eigenvalue weighted by Gasteiger charge is -2.12. The van der Waals surface area contributed by atoms with Gasteiger partial charge in [0.05, 0.1) is 6.54 Å². The molecule has 0 bridgehead atoms. The van der Waals surface area contributed by atoms with Gasteiger partial charge in [0.1, 0.15) is 5.78 Å². The summed E-state index contributed by atoms with van der Waals surface area (Å²) in [7, 11) is 0. The monoisotopic (exact) mass is 206 g/mol. The molecule has 0 aromatic rings. The minimum absolute atomic E-state index is 0.0838. The number of Topliss-reactive ketones (excluding diaryl/α,β-unsaturated/α-hetero) is 1. The van der Waals surface area contributed by atoms with E-state index in [0.29, 0.717) is 6.54 Å². The van der Waals surface area contributed by atoms with Crippen LogP contribution < -0.4 is 10.9 Å². The molecule has 1 rings (SSSR count). The summed E-state index contributed by atoms with van der Waals surface area (Å²) in [6, 6.07) is 0. The number of hydrogen-bond acceptors (Lipinski definition) is 3. The molecule has 3 nitrogen and oxygen atoms in total. The van der Waals surface area contributed by atoms with Crippen LogP contribution in [-0.4, -0.2) is 12.3 Å². The van der Waals surface area contributed by atoms with Crippen LogP contribution in [0.15, 0.2) is 36.1 Å². The second kappa shape index (κ2) is 4.94. The van der Waals surface area contributed by atoms with E-state index in [1.165, 1.54) is 0 Å². The molecule has 0 radical (unpaired) electrons. The van der Waals surface area contributed by atoms with E-state index in [0.717, 1.165) is 5.70 Å². The van der Waals surface area contributed by atoms with Gasteiger partial charge in [-0.25, -0.2) is 5.43 Å². The van der Waals surface area contributed by atoms with Crippen LogP contribution >= 0.6 is 0 Å². The van der Waals surface area contributed by atoms with Gasteiger partial charge in [-0.1, -0.05) is 32.1 Å². The zero-order valence-corrected chi connectivity index (χ0v) is 9.50. The molecule has 1 aliphatic carbocycles. The average molecular weight is 206 g/mol. The van der Waals surface area contributed by atoms with Gasteiger partial charge in [0, 0.05) is 11.1 Å². The molecular formula is C12H18N2O. The maximum Gasteiger partial charge on any atom is 0.145 e. The van der Waals surface area contributed by atoms with Crippen LogP contribution in [0.3, 0.4) is 0 Å². The maximum atomic E-state index is 10.7. The lowest BCUT2D eigenvalue weighted by molar-refractivity contribution is -0.116. The zero-order valence-electron chi connectivity index (χ0n) is 9.50. The van der Waals surface area contributed by atoms with Crippen molar-refractivity contribution in [3.8, 4) is 0 Å². The lowest BCUT2D eigenvalue weighted by Crippen LogP contribution is -2.34. The third-order valence-corrected chi connectivity index (χ3v) is 2.06. The van der Waals surface area contributed by atoms with E-state index in [4.69, 9.17) is 0 Å². The van der Waals surface area contributed by atoms with Gasteiger partial charge in [-0.05, 0) is 19.1 Å². The molecule has 0 spiro atoms. The molecule has 3 heteroatoms. The molecule has 0 amide bonds. The van der Waals surface area contributed by atoms with E-state index in [1.54, 1.807) is 6.92 Å². The summed E-state index contributed by atoms with van der Waals surface area (Å²) in [5, 5.41) is 0. The van der Waals surface area contributed by atoms with Crippen molar-refractivity contribution in [2.75, 3.05) is 6.54 Å². The van der Waals surface area contributed by atoms with Crippen LogP contribution in [0.25, 0.3) is 0 Å². The van der Waals surface area contributed by atoms with Gasteiger partial charge < -0.3 is 5.43 Å². The topological polar surface area (TPSA) is 41.1 Å². The molecule has 0 aromatic carbocycles. The predicted molar refractivity (Wildman–Crippen MR) is 62.0 cm³/mol. The Balaban J connectivity index is 2.48. The third kappa shape index (κ3) is 4.61. The number of carbonyl (C=O) groups excluding carboxylic acids is 1. The van der Waals surface area contributed by atoms with Crippen LogP contribution in [0.2, 0.25) is 0 Å². The second-order valence-electron chi connectivity index (χ2n) is 4.32. The SMILES string of the molecule is CC(=O)CNNC1=CC=CC(C)(C)C=C1. The molecule has 0 aliphatic heterocycles. The van der Waals surface area contributed by atoms with Crippen molar-refractivity contribution in [3.05, 3.63) is 36.1 Å². The summed E-state index contributed by atoms with van der Waals surface area (Å²) in [4.78, 5) is 10.7. The zero-order chi connectivity index (χ0) is 11.3. The second-order valence-corrected chi connectivity index (χ2v) is 4.32. The van der Waals surface area contributed by atoms with Crippen molar-refractivity contribution < 1.29 is 4.79 Å². The minimum Gasteiger partial charge on any atom is -0.321 e. The van der Waals surface area contributed by atoms with Crippen molar-refractivity contribution in [1.82, 2.24) is 10.9 Å². The maximum absolute atomic E-state index is 10.7. The first-order chi connectivity index (χ1) is 6.99. The molecule has 0 saturated heterocycles. The van der Waals surface area contributed by atoms with Gasteiger partial charge >= 0.3 is 0 Å². The van der Waals surface area contributed by atoms with Crippen molar-refractivity contribution >= 4 is 5.78 Å². The van der Waals surface area contributed by atoms with Crippen LogP contribution in [0.4, 0.5) is 0 Å². The molecule has 82 valence electrons. The normalized spacial score (nSPS) is 18.2. The minimum atomic E-state index is 0.0838. The highest BCUT2D eigenvalue weighted by Crippen LogP contribution is 2.21. The fourth-order valence-electron chi connectivity index (χ4n) is 1.17. The predicted octanol–water partition coefficient (Wildman–Crippen LogP) is 1.71. The smallest absolute Gasteiger partial charge is 0.145 e. The van der Waals surface area contributed by atoms with Crippen molar-refractivity contribution in [2.24, 2.45) is 5.41 Å². The van der Waals surface area contributed by atoms with Crippen LogP contribution in [-0.2, 0) is 4.79 Å². The molecule has 0 heterocycles. The molecule has 0 aromatic heterocycles. The fourth-order valence-corrected chi connectivity index (χ4v) is 1.17. The number of nitrogens with one attached hydrogen (secondary N) is 2. The van der Waals surface area contributed by atoms with Crippen LogP contribution in [0.1, 0.15) is 20.8 Å². The van der Waals surface area contributed by atoms with Gasteiger partial charge in [-0.15, -0.1) is 0 Å². The number of hydrogen-bond donors (Lipinski definition) is 2. The number of carbonyl (C=O) groups is 1. The fraction of sp³-hybridized carbons (Fsp3) is 0.417. The Hall–Kier alpha value is -1.35. The van der Waals surface area contributed by atoms with E-state index in [9.17, 15) is 4.79 Å². The largest absolute Gasteiger partial charge is 0.321 e. The molecule has 2 N–H and O–H groups in total. The van der Waals surface area contributed by atoms with E-state index in [-0.39, 0.29) is 11.2 Å². The highest BCUT2D eigenvalue weighted by atomic mass is 16.1. The molecule has 0 fully saturated rings. The molecule has 0 saturated carbocycles. The lowest BCUT2D eigenvalue weighted by atomic mass is 9.93. The van der Waals surface area contributed by atoms with Gasteiger partial charge in [-0.3, -0.25) is 4.79 Å². The Bertz CT molecular complexity index is 325. The van der Waals surface area contributed by atoms with Gasteiger partial charge in [0.25, 0.3) is 0 Å². The Morgan fingerprint density at radius 1 is 1.40 bits per heavy atom. The summed E-state index contributed by atoms with van der Waals surface area (Å²) in [5.74, 6) is 0.108. The molecular weight excluding hydrogens is 188 g/mol. The Morgan fingerprint density at radius 2 is 2.13 bits per heavy atom. The number of ketones is 1. The summed E-state index contributed by atoms with van der Waals surface area (Å²) < 4.78 is 0. The molecule has 15 heavy (non-hydrogen) atoms. The number of rotatable bonds is 4. The van der Waals surface area contributed by atoms with Crippen molar-refractivity contribution in [1.29, 1.82) is 0 Å². The van der Waals surface area contributed by atoms with Gasteiger partial charge in [0.15, 0.2) is 0 Å². The number of hydrazine groups is 1. The first kappa shape index (κ1) is 11.7. The van der Waals surface area contributed by atoms with E-state index < -0.39 is 0 Å². The van der Waals surface area contributed by atoms with E-state index in [2.05, 4.69) is 36.9 Å². The first-order valence-electron chi connectivity index (χ1n) is 5.07. The van der Waals surface area contributed by atoms with Crippen LogP contribution in [0, 0.1) is 5.41 Å². The van der Waals surface area contributed by atoms with Gasteiger partial charge in [0.2, 0.25) is 0 Å². The van der Waals surface area contributed by atoms with E-state index in [1.807, 2.05) is 18.2 Å². The van der Waals surface area contributed by atoms with Crippen LogP contribution in [0.5, 0.6) is 0 Å². The van der Waals surface area contributed by atoms with E-state index >= 15 is 0 Å². The Kier molecular flexibility index (Phi) is 3.86. The summed E-state index contributed by atoms with van der Waals surface area (Å²) in [6.07, 6.45) is 10.2.